The maximum atomic E-state index is 12.5. The molecule has 0 amide bonds. The SMILES string of the molecule is Cc1cc2c(cc1C)C(=O)/C(=C(\C#N)c1ccccc1)O2. The van der Waals surface area contributed by atoms with E-state index in [0.29, 0.717) is 16.9 Å². The molecular formula is C18H13NO2. The largest absolute Gasteiger partial charge is 0.451 e. The van der Waals surface area contributed by atoms with Crippen LogP contribution in [0.25, 0.3) is 5.57 Å². The molecule has 1 aliphatic rings. The number of ether oxygens (including phenoxy) is 1. The molecule has 0 bridgehead atoms. The van der Waals surface area contributed by atoms with Gasteiger partial charge in [0, 0.05) is 0 Å². The van der Waals surface area contributed by atoms with E-state index in [4.69, 9.17) is 4.74 Å². The van der Waals surface area contributed by atoms with Gasteiger partial charge in [-0.3, -0.25) is 4.79 Å². The average molecular weight is 275 g/mol. The number of ketones is 1. The Morgan fingerprint density at radius 3 is 2.43 bits per heavy atom. The van der Waals surface area contributed by atoms with Gasteiger partial charge in [-0.15, -0.1) is 0 Å². The van der Waals surface area contributed by atoms with Crippen molar-refractivity contribution < 1.29 is 9.53 Å². The minimum atomic E-state index is -0.228. The molecule has 0 aliphatic carbocycles. The number of benzene rings is 2. The van der Waals surface area contributed by atoms with E-state index in [1.165, 1.54) is 0 Å². The summed E-state index contributed by atoms with van der Waals surface area (Å²) in [5, 5.41) is 9.41. The molecule has 2 aromatic carbocycles. The van der Waals surface area contributed by atoms with Gasteiger partial charge >= 0.3 is 0 Å². The highest BCUT2D eigenvalue weighted by molar-refractivity contribution is 6.17. The van der Waals surface area contributed by atoms with E-state index in [1.807, 2.05) is 44.2 Å². The zero-order valence-electron chi connectivity index (χ0n) is 11.8. The van der Waals surface area contributed by atoms with Gasteiger partial charge in [0.25, 0.3) is 0 Å². The van der Waals surface area contributed by atoms with Crippen LogP contribution in [-0.2, 0) is 0 Å². The lowest BCUT2D eigenvalue weighted by Gasteiger charge is -2.03. The predicted octanol–water partition coefficient (Wildman–Crippen LogP) is 3.81. The average Bonchev–Trinajstić information content (AvgIpc) is 2.79. The summed E-state index contributed by atoms with van der Waals surface area (Å²) in [5.41, 5.74) is 3.57. The standard InChI is InChI=1S/C18H13NO2/c1-11-8-14-16(9-12(11)2)21-18(17(14)20)15(10-19)13-6-4-3-5-7-13/h3-9H,1-2H3/b18-15-. The van der Waals surface area contributed by atoms with Crippen molar-refractivity contribution in [3.8, 4) is 11.8 Å². The molecule has 0 saturated heterocycles. The number of Topliss-reactive ketones (excluding diaryl/α,β-unsaturated/α-hetero) is 1. The minimum absolute atomic E-state index is 0.115. The summed E-state index contributed by atoms with van der Waals surface area (Å²) in [6.07, 6.45) is 0. The van der Waals surface area contributed by atoms with Crippen LogP contribution >= 0.6 is 0 Å². The third-order valence-electron chi connectivity index (χ3n) is 3.66. The molecule has 2 aromatic rings. The molecule has 102 valence electrons. The summed E-state index contributed by atoms with van der Waals surface area (Å²) in [6, 6.07) is 14.9. The number of nitrogens with zero attached hydrogens (tertiary/aromatic N) is 1. The van der Waals surface area contributed by atoms with Crippen LogP contribution in [0.3, 0.4) is 0 Å². The summed E-state index contributed by atoms with van der Waals surface area (Å²) in [5.74, 6) is 0.416. The summed E-state index contributed by atoms with van der Waals surface area (Å²) < 4.78 is 5.67. The smallest absolute Gasteiger partial charge is 0.233 e. The normalized spacial score (nSPS) is 15.2. The lowest BCUT2D eigenvalue weighted by molar-refractivity contribution is 0.101. The van der Waals surface area contributed by atoms with Gasteiger partial charge in [-0.05, 0) is 42.7 Å². The second kappa shape index (κ2) is 4.92. The lowest BCUT2D eigenvalue weighted by atomic mass is 10.00. The maximum Gasteiger partial charge on any atom is 0.233 e. The second-order valence-electron chi connectivity index (χ2n) is 5.05. The van der Waals surface area contributed by atoms with Crippen molar-refractivity contribution in [2.75, 3.05) is 0 Å². The molecule has 1 aliphatic heterocycles. The highest BCUT2D eigenvalue weighted by Gasteiger charge is 2.31. The van der Waals surface area contributed by atoms with Gasteiger partial charge < -0.3 is 4.74 Å². The van der Waals surface area contributed by atoms with Gasteiger partial charge in [0.05, 0.1) is 5.56 Å². The summed E-state index contributed by atoms with van der Waals surface area (Å²) in [4.78, 5) is 12.5. The van der Waals surface area contributed by atoms with E-state index in [1.54, 1.807) is 12.1 Å². The molecule has 0 unspecified atom stereocenters. The van der Waals surface area contributed by atoms with E-state index in [-0.39, 0.29) is 17.1 Å². The number of carbonyl (C=O) groups is 1. The fraction of sp³-hybridized carbons (Fsp3) is 0.111. The molecule has 0 aromatic heterocycles. The Morgan fingerprint density at radius 1 is 1.10 bits per heavy atom. The first-order valence-corrected chi connectivity index (χ1v) is 6.65. The van der Waals surface area contributed by atoms with E-state index >= 15 is 0 Å². The molecule has 3 nitrogen and oxygen atoms in total. The van der Waals surface area contributed by atoms with Gasteiger partial charge in [0.15, 0.2) is 5.76 Å². The Bertz CT molecular complexity index is 811. The fourth-order valence-electron chi connectivity index (χ4n) is 2.35. The van der Waals surface area contributed by atoms with Crippen LogP contribution in [0.1, 0.15) is 27.0 Å². The maximum absolute atomic E-state index is 12.5. The number of aryl methyl sites for hydroxylation is 2. The molecular weight excluding hydrogens is 262 g/mol. The number of fused-ring (bicyclic) bond motifs is 1. The minimum Gasteiger partial charge on any atom is -0.451 e. The van der Waals surface area contributed by atoms with Gasteiger partial charge in [0.1, 0.15) is 17.4 Å². The van der Waals surface area contributed by atoms with Crippen molar-refractivity contribution in [3.63, 3.8) is 0 Å². The van der Waals surface area contributed by atoms with Crippen LogP contribution in [0.15, 0.2) is 48.2 Å². The molecule has 3 rings (SSSR count). The van der Waals surface area contributed by atoms with Crippen molar-refractivity contribution in [2.24, 2.45) is 0 Å². The van der Waals surface area contributed by atoms with Crippen LogP contribution in [0.2, 0.25) is 0 Å². The number of allylic oxidation sites excluding steroid dienone is 2. The van der Waals surface area contributed by atoms with Crippen molar-refractivity contribution in [2.45, 2.75) is 13.8 Å². The molecule has 0 saturated carbocycles. The number of carbonyl (C=O) groups excluding carboxylic acids is 1. The Morgan fingerprint density at radius 2 is 1.76 bits per heavy atom. The third-order valence-corrected chi connectivity index (χ3v) is 3.66. The van der Waals surface area contributed by atoms with Crippen LogP contribution in [0.4, 0.5) is 0 Å². The van der Waals surface area contributed by atoms with Crippen LogP contribution in [0.5, 0.6) is 5.75 Å². The molecule has 0 fully saturated rings. The van der Waals surface area contributed by atoms with Gasteiger partial charge in [-0.2, -0.15) is 5.26 Å². The first-order chi connectivity index (χ1) is 10.1. The Balaban J connectivity index is 2.16. The molecule has 3 heteroatoms. The van der Waals surface area contributed by atoms with Crippen LogP contribution in [-0.4, -0.2) is 5.78 Å². The van der Waals surface area contributed by atoms with Crippen molar-refractivity contribution in [3.05, 3.63) is 70.5 Å². The van der Waals surface area contributed by atoms with Crippen molar-refractivity contribution in [1.82, 2.24) is 0 Å². The lowest BCUT2D eigenvalue weighted by Crippen LogP contribution is -2.02. The zero-order chi connectivity index (χ0) is 15.0. The molecule has 0 spiro atoms. The highest BCUT2D eigenvalue weighted by Crippen LogP contribution is 2.36. The van der Waals surface area contributed by atoms with Gasteiger partial charge in [-0.1, -0.05) is 30.3 Å². The van der Waals surface area contributed by atoms with Crippen molar-refractivity contribution >= 4 is 11.4 Å². The van der Waals surface area contributed by atoms with Gasteiger partial charge in [-0.25, -0.2) is 0 Å². The number of hydrogen-bond donors (Lipinski definition) is 0. The second-order valence-corrected chi connectivity index (χ2v) is 5.05. The number of nitriles is 1. The van der Waals surface area contributed by atoms with Crippen LogP contribution in [0, 0.1) is 25.2 Å². The predicted molar refractivity (Wildman–Crippen MR) is 79.8 cm³/mol. The number of rotatable bonds is 1. The fourth-order valence-corrected chi connectivity index (χ4v) is 2.35. The van der Waals surface area contributed by atoms with E-state index in [9.17, 15) is 10.1 Å². The van der Waals surface area contributed by atoms with E-state index < -0.39 is 0 Å². The Labute approximate surface area is 123 Å². The van der Waals surface area contributed by atoms with E-state index in [0.717, 1.165) is 11.1 Å². The molecule has 0 atom stereocenters. The molecule has 0 radical (unpaired) electrons. The summed E-state index contributed by atoms with van der Waals surface area (Å²) >= 11 is 0. The quantitative estimate of drug-likeness (QED) is 0.587. The number of hydrogen-bond acceptors (Lipinski definition) is 3. The molecule has 1 heterocycles. The van der Waals surface area contributed by atoms with Gasteiger partial charge in [0.2, 0.25) is 5.78 Å². The molecule has 21 heavy (non-hydrogen) atoms. The summed E-state index contributed by atoms with van der Waals surface area (Å²) in [6.45, 7) is 3.92. The first kappa shape index (κ1) is 13.1. The monoisotopic (exact) mass is 275 g/mol. The zero-order valence-corrected chi connectivity index (χ0v) is 11.8. The van der Waals surface area contributed by atoms with E-state index in [2.05, 4.69) is 6.07 Å². The first-order valence-electron chi connectivity index (χ1n) is 6.65. The topological polar surface area (TPSA) is 50.1 Å². The Hall–Kier alpha value is -2.86. The summed E-state index contributed by atoms with van der Waals surface area (Å²) in [7, 11) is 0. The highest BCUT2D eigenvalue weighted by atomic mass is 16.5. The van der Waals surface area contributed by atoms with Crippen LogP contribution < -0.4 is 4.74 Å². The van der Waals surface area contributed by atoms with Crippen molar-refractivity contribution in [1.29, 1.82) is 5.26 Å². The Kier molecular flexibility index (Phi) is 3.08. The third kappa shape index (κ3) is 2.11. The molecule has 0 N–H and O–H groups in total.